The Kier molecular flexibility index (Phi) is 4.06. The van der Waals surface area contributed by atoms with Gasteiger partial charge in [0.2, 0.25) is 0 Å². The Morgan fingerprint density at radius 1 is 1.79 bits per heavy atom. The molecule has 0 radical (unpaired) electrons. The Labute approximate surface area is 84.7 Å². The van der Waals surface area contributed by atoms with Gasteiger partial charge in [0.25, 0.3) is 0 Å². The lowest BCUT2D eigenvalue weighted by atomic mass is 10.0. The number of allylic oxidation sites excluding steroid dienone is 1. The van der Waals surface area contributed by atoms with E-state index in [-0.39, 0.29) is 12.1 Å². The zero-order valence-corrected chi connectivity index (χ0v) is 8.40. The van der Waals surface area contributed by atoms with E-state index < -0.39 is 0 Å². The van der Waals surface area contributed by atoms with Crippen LogP contribution in [0.2, 0.25) is 0 Å². The number of hydrogen-bond donors (Lipinski definition) is 0. The van der Waals surface area contributed by atoms with E-state index in [9.17, 15) is 4.79 Å². The molecular weight excluding hydrogens is 178 g/mol. The number of nitrogens with zero attached hydrogens (tertiary/aromatic N) is 1. The van der Waals surface area contributed by atoms with Gasteiger partial charge in [0.15, 0.2) is 0 Å². The Morgan fingerprint density at radius 3 is 3.07 bits per heavy atom. The fourth-order valence-electron chi connectivity index (χ4n) is 1.59. The zero-order valence-electron chi connectivity index (χ0n) is 8.40. The molecule has 3 heteroatoms. The average Bonchev–Trinajstić information content (AvgIpc) is 2.26. The number of ether oxygens (including phenoxy) is 1. The summed E-state index contributed by atoms with van der Waals surface area (Å²) in [4.78, 5) is 13.0. The molecule has 1 rings (SSSR count). The first-order valence-corrected chi connectivity index (χ1v) is 4.74. The number of rotatable bonds is 2. The van der Waals surface area contributed by atoms with Crippen LogP contribution in [0.3, 0.4) is 0 Å². The van der Waals surface area contributed by atoms with Crippen LogP contribution in [0.15, 0.2) is 12.2 Å². The van der Waals surface area contributed by atoms with Gasteiger partial charge in [-0.15, -0.1) is 6.42 Å². The summed E-state index contributed by atoms with van der Waals surface area (Å²) in [6.07, 6.45) is 12.1. The molecule has 1 aliphatic rings. The Hall–Kier alpha value is -1.43. The second-order valence-corrected chi connectivity index (χ2v) is 3.23. The van der Waals surface area contributed by atoms with Crippen LogP contribution in [0.1, 0.15) is 19.3 Å². The van der Waals surface area contributed by atoms with Gasteiger partial charge in [-0.2, -0.15) is 0 Å². The lowest BCUT2D eigenvalue weighted by molar-refractivity contribution is 0.117. The van der Waals surface area contributed by atoms with Crippen molar-refractivity contribution < 1.29 is 9.53 Å². The Bertz CT molecular complexity index is 265. The molecule has 0 aromatic heterocycles. The fourth-order valence-corrected chi connectivity index (χ4v) is 1.59. The van der Waals surface area contributed by atoms with E-state index in [1.807, 2.05) is 6.08 Å². The predicted molar refractivity (Wildman–Crippen MR) is 54.7 cm³/mol. The van der Waals surface area contributed by atoms with Crippen molar-refractivity contribution in [1.29, 1.82) is 0 Å². The second-order valence-electron chi connectivity index (χ2n) is 3.23. The van der Waals surface area contributed by atoms with Crippen molar-refractivity contribution in [2.45, 2.75) is 25.3 Å². The van der Waals surface area contributed by atoms with Crippen molar-refractivity contribution in [2.75, 3.05) is 13.7 Å². The van der Waals surface area contributed by atoms with Gasteiger partial charge in [-0.25, -0.2) is 4.79 Å². The summed E-state index contributed by atoms with van der Waals surface area (Å²) in [7, 11) is 1.37. The van der Waals surface area contributed by atoms with Crippen molar-refractivity contribution in [3.8, 4) is 12.3 Å². The van der Waals surface area contributed by atoms with E-state index in [1.165, 1.54) is 7.11 Å². The third-order valence-electron chi connectivity index (χ3n) is 2.30. The Morgan fingerprint density at radius 2 is 2.57 bits per heavy atom. The first kappa shape index (κ1) is 10.6. The van der Waals surface area contributed by atoms with Crippen molar-refractivity contribution in [3.63, 3.8) is 0 Å². The minimum absolute atomic E-state index is 0.104. The van der Waals surface area contributed by atoms with Crippen LogP contribution in [0.4, 0.5) is 4.79 Å². The van der Waals surface area contributed by atoms with E-state index in [0.29, 0.717) is 6.54 Å². The lowest BCUT2D eigenvalue weighted by Gasteiger charge is -2.28. The standard InChI is InChI=1S/C11H15NO2/c1-3-9-12(11(13)14-2)10-7-5-4-6-8-10/h1,5,7,10H,4,6,8-9H2,2H3. The van der Waals surface area contributed by atoms with E-state index >= 15 is 0 Å². The van der Waals surface area contributed by atoms with Crippen molar-refractivity contribution in [3.05, 3.63) is 12.2 Å². The SMILES string of the molecule is C#CCN(C(=O)OC)C1C=CCCC1. The van der Waals surface area contributed by atoms with Crippen LogP contribution in [0.25, 0.3) is 0 Å². The first-order chi connectivity index (χ1) is 6.79. The number of carbonyl (C=O) groups is 1. The molecule has 0 aliphatic heterocycles. The number of carbonyl (C=O) groups excluding carboxylic acids is 1. The van der Waals surface area contributed by atoms with Crippen LogP contribution in [-0.2, 0) is 4.74 Å². The van der Waals surface area contributed by atoms with Gasteiger partial charge in [0.05, 0.1) is 19.7 Å². The van der Waals surface area contributed by atoms with E-state index in [1.54, 1.807) is 4.90 Å². The predicted octanol–water partition coefficient (Wildman–Crippen LogP) is 1.80. The summed E-state index contributed by atoms with van der Waals surface area (Å²) < 4.78 is 4.68. The van der Waals surface area contributed by atoms with Crippen LogP contribution in [0, 0.1) is 12.3 Å². The highest BCUT2D eigenvalue weighted by Gasteiger charge is 2.22. The number of methoxy groups -OCH3 is 1. The molecule has 3 nitrogen and oxygen atoms in total. The minimum Gasteiger partial charge on any atom is -0.453 e. The molecule has 0 saturated carbocycles. The van der Waals surface area contributed by atoms with Crippen LogP contribution in [-0.4, -0.2) is 30.7 Å². The second kappa shape index (κ2) is 5.33. The summed E-state index contributed by atoms with van der Waals surface area (Å²) in [5.41, 5.74) is 0. The summed E-state index contributed by atoms with van der Waals surface area (Å²) in [5, 5.41) is 0. The highest BCUT2D eigenvalue weighted by atomic mass is 16.5. The molecule has 0 fully saturated rings. The summed E-state index contributed by atoms with van der Waals surface area (Å²) in [6.45, 7) is 0.307. The molecule has 1 atom stereocenters. The summed E-state index contributed by atoms with van der Waals surface area (Å²) in [6, 6.07) is 0.104. The van der Waals surface area contributed by atoms with Crippen molar-refractivity contribution in [2.24, 2.45) is 0 Å². The maximum Gasteiger partial charge on any atom is 0.410 e. The molecule has 0 saturated heterocycles. The molecule has 1 amide bonds. The first-order valence-electron chi connectivity index (χ1n) is 4.74. The third kappa shape index (κ3) is 2.53. The van der Waals surface area contributed by atoms with Crippen LogP contribution >= 0.6 is 0 Å². The van der Waals surface area contributed by atoms with Gasteiger partial charge in [-0.05, 0) is 19.3 Å². The van der Waals surface area contributed by atoms with Gasteiger partial charge in [0, 0.05) is 0 Å². The highest BCUT2D eigenvalue weighted by molar-refractivity contribution is 5.68. The number of amides is 1. The number of hydrogen-bond acceptors (Lipinski definition) is 2. The largest absolute Gasteiger partial charge is 0.453 e. The van der Waals surface area contributed by atoms with E-state index in [0.717, 1.165) is 19.3 Å². The highest BCUT2D eigenvalue weighted by Crippen LogP contribution is 2.16. The van der Waals surface area contributed by atoms with E-state index in [4.69, 9.17) is 6.42 Å². The smallest absolute Gasteiger partial charge is 0.410 e. The van der Waals surface area contributed by atoms with Crippen molar-refractivity contribution >= 4 is 6.09 Å². The van der Waals surface area contributed by atoms with Crippen molar-refractivity contribution in [1.82, 2.24) is 4.90 Å². The van der Waals surface area contributed by atoms with Gasteiger partial charge < -0.3 is 4.74 Å². The topological polar surface area (TPSA) is 29.5 Å². The summed E-state index contributed by atoms with van der Waals surface area (Å²) >= 11 is 0. The molecule has 76 valence electrons. The van der Waals surface area contributed by atoms with Gasteiger partial charge in [0.1, 0.15) is 0 Å². The quantitative estimate of drug-likeness (QED) is 0.494. The monoisotopic (exact) mass is 193 g/mol. The van der Waals surface area contributed by atoms with E-state index in [2.05, 4.69) is 16.7 Å². The molecule has 0 aromatic rings. The molecule has 1 aliphatic carbocycles. The van der Waals surface area contributed by atoms with Gasteiger partial charge in [-0.3, -0.25) is 4.90 Å². The number of terminal acetylenes is 1. The Balaban J connectivity index is 2.66. The minimum atomic E-state index is -0.348. The fraction of sp³-hybridized carbons (Fsp3) is 0.545. The normalized spacial score (nSPS) is 19.9. The van der Waals surface area contributed by atoms with Crippen LogP contribution in [0.5, 0.6) is 0 Å². The molecule has 0 heterocycles. The molecule has 0 aromatic carbocycles. The molecule has 0 bridgehead atoms. The zero-order chi connectivity index (χ0) is 10.4. The maximum atomic E-state index is 11.4. The average molecular weight is 193 g/mol. The lowest BCUT2D eigenvalue weighted by Crippen LogP contribution is -2.40. The molecule has 0 spiro atoms. The summed E-state index contributed by atoms with van der Waals surface area (Å²) in [5.74, 6) is 2.47. The van der Waals surface area contributed by atoms with Crippen LogP contribution < -0.4 is 0 Å². The van der Waals surface area contributed by atoms with Gasteiger partial charge in [-0.1, -0.05) is 18.1 Å². The maximum absolute atomic E-state index is 11.4. The molecule has 0 N–H and O–H groups in total. The molecule has 14 heavy (non-hydrogen) atoms. The third-order valence-corrected chi connectivity index (χ3v) is 2.30. The molecule has 1 unspecified atom stereocenters. The van der Waals surface area contributed by atoms with Gasteiger partial charge >= 0.3 is 6.09 Å². The molecular formula is C11H15NO2.